The molecule has 0 radical (unpaired) electrons. The molecule has 0 spiro atoms. The van der Waals surface area contributed by atoms with Crippen molar-refractivity contribution in [2.24, 2.45) is 0 Å². The Hall–Kier alpha value is -0.910. The van der Waals surface area contributed by atoms with E-state index in [1.54, 1.807) is 13.0 Å². The molecule has 0 N–H and O–H groups in total. The smallest absolute Gasteiger partial charge is 0.320 e. The summed E-state index contributed by atoms with van der Waals surface area (Å²) in [7, 11) is 0. The number of ether oxygens (including phenoxy) is 3. The minimum absolute atomic E-state index is 0.219. The van der Waals surface area contributed by atoms with E-state index in [4.69, 9.17) is 14.2 Å². The van der Waals surface area contributed by atoms with Gasteiger partial charge in [-0.25, -0.2) is 0 Å². The normalized spacial score (nSPS) is 10.9. The van der Waals surface area contributed by atoms with Crippen molar-refractivity contribution in [2.75, 3.05) is 39.5 Å². The Morgan fingerprint density at radius 2 is 1.83 bits per heavy atom. The van der Waals surface area contributed by atoms with Gasteiger partial charge in [0, 0.05) is 19.8 Å². The van der Waals surface area contributed by atoms with Gasteiger partial charge in [-0.05, 0) is 20.8 Å². The van der Waals surface area contributed by atoms with E-state index in [-0.39, 0.29) is 18.8 Å². The van der Waals surface area contributed by atoms with E-state index in [0.717, 1.165) is 0 Å². The topological polar surface area (TPSA) is 48.0 Å². The van der Waals surface area contributed by atoms with Gasteiger partial charge in [-0.15, -0.1) is 6.58 Å². The standard InChI is InChI=1S/C13H25NO4/c1-5-9-14(10-12(15)16-6-2)11-13(17-7-3)18-8-4/h5,13H,1,6-11H2,2-4H3. The molecule has 0 bridgehead atoms. The van der Waals surface area contributed by atoms with E-state index in [1.165, 1.54) is 0 Å². The van der Waals surface area contributed by atoms with Crippen LogP contribution in [0.5, 0.6) is 0 Å². The van der Waals surface area contributed by atoms with Crippen molar-refractivity contribution >= 4 is 5.97 Å². The molecule has 0 aromatic heterocycles. The molecule has 18 heavy (non-hydrogen) atoms. The van der Waals surface area contributed by atoms with Crippen LogP contribution < -0.4 is 0 Å². The van der Waals surface area contributed by atoms with Gasteiger partial charge in [-0.2, -0.15) is 0 Å². The molecule has 0 atom stereocenters. The molecule has 0 saturated carbocycles. The van der Waals surface area contributed by atoms with Crippen LogP contribution in [0.3, 0.4) is 0 Å². The van der Waals surface area contributed by atoms with Crippen LogP contribution in [0.2, 0.25) is 0 Å². The zero-order chi connectivity index (χ0) is 13.8. The van der Waals surface area contributed by atoms with Gasteiger partial charge in [-0.3, -0.25) is 9.69 Å². The highest BCUT2D eigenvalue weighted by atomic mass is 16.7. The molecule has 0 rings (SSSR count). The van der Waals surface area contributed by atoms with Crippen LogP contribution in [0, 0.1) is 0 Å². The van der Waals surface area contributed by atoms with Crippen molar-refractivity contribution in [3.8, 4) is 0 Å². The molecule has 106 valence electrons. The third kappa shape index (κ3) is 8.22. The predicted molar refractivity (Wildman–Crippen MR) is 70.3 cm³/mol. The Bertz CT molecular complexity index is 227. The lowest BCUT2D eigenvalue weighted by Crippen LogP contribution is -2.39. The second kappa shape index (κ2) is 11.2. The maximum atomic E-state index is 11.4. The van der Waals surface area contributed by atoms with Crippen LogP contribution in [0.4, 0.5) is 0 Å². The van der Waals surface area contributed by atoms with Crippen LogP contribution >= 0.6 is 0 Å². The van der Waals surface area contributed by atoms with Crippen LogP contribution in [-0.2, 0) is 19.0 Å². The van der Waals surface area contributed by atoms with Crippen LogP contribution in [0.25, 0.3) is 0 Å². The number of nitrogens with zero attached hydrogens (tertiary/aromatic N) is 1. The maximum absolute atomic E-state index is 11.4. The summed E-state index contributed by atoms with van der Waals surface area (Å²) in [6.45, 7) is 12.2. The van der Waals surface area contributed by atoms with Crippen molar-refractivity contribution in [2.45, 2.75) is 27.1 Å². The highest BCUT2D eigenvalue weighted by Gasteiger charge is 2.16. The predicted octanol–water partition coefficient (Wildman–Crippen LogP) is 1.44. The largest absolute Gasteiger partial charge is 0.465 e. The molecule has 0 fully saturated rings. The quantitative estimate of drug-likeness (QED) is 0.319. The number of carbonyl (C=O) groups is 1. The van der Waals surface area contributed by atoms with Gasteiger partial charge >= 0.3 is 5.97 Å². The summed E-state index contributed by atoms with van der Waals surface area (Å²) in [6.07, 6.45) is 1.42. The molecule has 0 heterocycles. The molecule has 0 amide bonds. The summed E-state index contributed by atoms with van der Waals surface area (Å²) in [5.41, 5.74) is 0. The minimum Gasteiger partial charge on any atom is -0.465 e. The Morgan fingerprint density at radius 1 is 1.22 bits per heavy atom. The Balaban J connectivity index is 4.28. The van der Waals surface area contributed by atoms with Crippen LogP contribution in [0.15, 0.2) is 12.7 Å². The fraction of sp³-hybridized carbons (Fsp3) is 0.769. The molecule has 0 aliphatic rings. The molecule has 0 unspecified atom stereocenters. The Labute approximate surface area is 110 Å². The zero-order valence-corrected chi connectivity index (χ0v) is 11.7. The first-order chi connectivity index (χ1) is 8.67. The summed E-state index contributed by atoms with van der Waals surface area (Å²) in [5.74, 6) is -0.244. The van der Waals surface area contributed by atoms with Crippen molar-refractivity contribution in [1.29, 1.82) is 0 Å². The first kappa shape index (κ1) is 17.1. The van der Waals surface area contributed by atoms with Crippen molar-refractivity contribution in [1.82, 2.24) is 4.90 Å². The van der Waals surface area contributed by atoms with Gasteiger partial charge in [0.1, 0.15) is 0 Å². The lowest BCUT2D eigenvalue weighted by atomic mass is 10.4. The van der Waals surface area contributed by atoms with Crippen molar-refractivity contribution in [3.63, 3.8) is 0 Å². The molecule has 5 nitrogen and oxygen atoms in total. The number of carbonyl (C=O) groups excluding carboxylic acids is 1. The van der Waals surface area contributed by atoms with Gasteiger partial charge < -0.3 is 14.2 Å². The number of rotatable bonds is 11. The van der Waals surface area contributed by atoms with Crippen molar-refractivity contribution < 1.29 is 19.0 Å². The van der Waals surface area contributed by atoms with E-state index in [2.05, 4.69) is 6.58 Å². The molecule has 0 aromatic rings. The summed E-state index contributed by atoms with van der Waals surface area (Å²) >= 11 is 0. The number of hydrogen-bond acceptors (Lipinski definition) is 5. The van der Waals surface area contributed by atoms with Crippen molar-refractivity contribution in [3.05, 3.63) is 12.7 Å². The average Bonchev–Trinajstić information content (AvgIpc) is 2.30. The Kier molecular flexibility index (Phi) is 10.6. The molecule has 5 heteroatoms. The molecule has 0 aliphatic carbocycles. The van der Waals surface area contributed by atoms with Gasteiger partial charge in [0.2, 0.25) is 0 Å². The van der Waals surface area contributed by atoms with Gasteiger partial charge in [-0.1, -0.05) is 6.08 Å². The fourth-order valence-corrected chi connectivity index (χ4v) is 1.51. The van der Waals surface area contributed by atoms with Crippen LogP contribution in [-0.4, -0.2) is 56.6 Å². The lowest BCUT2D eigenvalue weighted by molar-refractivity contribution is -0.155. The molecular formula is C13H25NO4. The van der Waals surface area contributed by atoms with E-state index in [0.29, 0.717) is 32.9 Å². The number of hydrogen-bond donors (Lipinski definition) is 0. The minimum atomic E-state index is -0.325. The molecule has 0 saturated heterocycles. The zero-order valence-electron chi connectivity index (χ0n) is 11.7. The third-order valence-electron chi connectivity index (χ3n) is 2.16. The maximum Gasteiger partial charge on any atom is 0.320 e. The summed E-state index contributed by atoms with van der Waals surface area (Å²) in [6, 6.07) is 0. The Morgan fingerprint density at radius 3 is 2.28 bits per heavy atom. The summed E-state index contributed by atoms with van der Waals surface area (Å²) < 4.78 is 15.8. The van der Waals surface area contributed by atoms with Gasteiger partial charge in [0.05, 0.1) is 19.7 Å². The van der Waals surface area contributed by atoms with Crippen LogP contribution in [0.1, 0.15) is 20.8 Å². The second-order valence-electron chi connectivity index (χ2n) is 3.63. The first-order valence-electron chi connectivity index (χ1n) is 6.39. The number of esters is 1. The van der Waals surface area contributed by atoms with E-state index < -0.39 is 0 Å². The van der Waals surface area contributed by atoms with Gasteiger partial charge in [0.25, 0.3) is 0 Å². The highest BCUT2D eigenvalue weighted by molar-refractivity contribution is 5.71. The monoisotopic (exact) mass is 259 g/mol. The molecule has 0 aliphatic heterocycles. The average molecular weight is 259 g/mol. The van der Waals surface area contributed by atoms with E-state index in [9.17, 15) is 4.79 Å². The van der Waals surface area contributed by atoms with Gasteiger partial charge in [0.15, 0.2) is 6.29 Å². The SMILES string of the molecule is C=CCN(CC(=O)OCC)CC(OCC)OCC. The second-order valence-corrected chi connectivity index (χ2v) is 3.63. The third-order valence-corrected chi connectivity index (χ3v) is 2.16. The fourth-order valence-electron chi connectivity index (χ4n) is 1.51. The first-order valence-corrected chi connectivity index (χ1v) is 6.39. The molecule has 0 aromatic carbocycles. The van der Waals surface area contributed by atoms with E-state index >= 15 is 0 Å². The van der Waals surface area contributed by atoms with E-state index in [1.807, 2.05) is 18.7 Å². The molecular weight excluding hydrogens is 234 g/mol. The highest BCUT2D eigenvalue weighted by Crippen LogP contribution is 2.01. The summed E-state index contributed by atoms with van der Waals surface area (Å²) in [5, 5.41) is 0. The summed E-state index contributed by atoms with van der Waals surface area (Å²) in [4.78, 5) is 13.3. The lowest BCUT2D eigenvalue weighted by Gasteiger charge is -2.25.